The Balaban J connectivity index is 2.65. The summed E-state index contributed by atoms with van der Waals surface area (Å²) in [5.74, 6) is 0.613. The van der Waals surface area contributed by atoms with Crippen LogP contribution < -0.4 is 0 Å². The molecule has 0 amide bonds. The number of halogens is 1. The molecule has 3 nitrogen and oxygen atoms in total. The van der Waals surface area contributed by atoms with Crippen LogP contribution in [-0.4, -0.2) is 36.9 Å². The Morgan fingerprint density at radius 3 is 2.73 bits per heavy atom. The van der Waals surface area contributed by atoms with Crippen molar-refractivity contribution in [2.75, 3.05) is 18.2 Å². The van der Waals surface area contributed by atoms with Crippen LogP contribution in [0.4, 0.5) is 0 Å². The molecule has 0 saturated carbocycles. The molecule has 90 valence electrons. The van der Waals surface area contributed by atoms with E-state index in [2.05, 4.69) is 0 Å². The molecule has 1 fully saturated rings. The largest absolute Gasteiger partial charge is 0.214 e. The van der Waals surface area contributed by atoms with Crippen LogP contribution in [0.2, 0.25) is 0 Å². The summed E-state index contributed by atoms with van der Waals surface area (Å²) >= 11 is 5.53. The lowest BCUT2D eigenvalue weighted by Gasteiger charge is -2.26. The third kappa shape index (κ3) is 3.93. The average Bonchev–Trinajstić information content (AvgIpc) is 2.40. The predicted octanol–water partition coefficient (Wildman–Crippen LogP) is 2.21. The van der Waals surface area contributed by atoms with Gasteiger partial charge in [0.15, 0.2) is 0 Å². The summed E-state index contributed by atoms with van der Waals surface area (Å²) in [6.45, 7) is 2.69. The summed E-state index contributed by atoms with van der Waals surface area (Å²) in [6, 6.07) is 0.160. The van der Waals surface area contributed by atoms with E-state index in [-0.39, 0.29) is 11.8 Å². The molecule has 0 aromatic rings. The third-order valence-electron chi connectivity index (χ3n) is 2.89. The van der Waals surface area contributed by atoms with Gasteiger partial charge < -0.3 is 0 Å². The second kappa shape index (κ2) is 6.06. The van der Waals surface area contributed by atoms with E-state index in [1.807, 2.05) is 6.92 Å². The van der Waals surface area contributed by atoms with E-state index in [0.717, 1.165) is 25.7 Å². The Hall–Kier alpha value is 0.200. The van der Waals surface area contributed by atoms with Gasteiger partial charge in [0.2, 0.25) is 10.0 Å². The van der Waals surface area contributed by atoms with Crippen LogP contribution in [0, 0.1) is 0 Å². The van der Waals surface area contributed by atoms with Gasteiger partial charge in [-0.1, -0.05) is 12.8 Å². The summed E-state index contributed by atoms with van der Waals surface area (Å²) in [7, 11) is -3.07. The highest BCUT2D eigenvalue weighted by molar-refractivity contribution is 7.89. The van der Waals surface area contributed by atoms with E-state index in [0.29, 0.717) is 18.8 Å². The Morgan fingerprint density at radius 1 is 1.33 bits per heavy atom. The zero-order valence-corrected chi connectivity index (χ0v) is 10.9. The van der Waals surface area contributed by atoms with Crippen molar-refractivity contribution in [3.05, 3.63) is 0 Å². The fraction of sp³-hybridized carbons (Fsp3) is 1.00. The fourth-order valence-corrected chi connectivity index (χ4v) is 4.11. The predicted molar refractivity (Wildman–Crippen MR) is 63.8 cm³/mol. The lowest BCUT2D eigenvalue weighted by atomic mass is 10.1. The van der Waals surface area contributed by atoms with Crippen LogP contribution in [0.15, 0.2) is 0 Å². The maximum atomic E-state index is 12.0. The van der Waals surface area contributed by atoms with Crippen LogP contribution in [-0.2, 0) is 10.0 Å². The molecule has 1 saturated heterocycles. The molecule has 0 aliphatic carbocycles. The highest BCUT2D eigenvalue weighted by Gasteiger charge is 2.27. The lowest BCUT2D eigenvalue weighted by Crippen LogP contribution is -2.39. The van der Waals surface area contributed by atoms with Crippen molar-refractivity contribution in [2.24, 2.45) is 0 Å². The summed E-state index contributed by atoms with van der Waals surface area (Å²) in [5, 5.41) is 0. The lowest BCUT2D eigenvalue weighted by molar-refractivity contribution is 0.342. The minimum Gasteiger partial charge on any atom is -0.212 e. The monoisotopic (exact) mass is 253 g/mol. The van der Waals surface area contributed by atoms with Crippen LogP contribution >= 0.6 is 11.6 Å². The molecule has 15 heavy (non-hydrogen) atoms. The molecule has 0 spiro atoms. The van der Waals surface area contributed by atoms with Gasteiger partial charge in [-0.2, -0.15) is 4.31 Å². The van der Waals surface area contributed by atoms with Crippen molar-refractivity contribution >= 4 is 21.6 Å². The summed E-state index contributed by atoms with van der Waals surface area (Å²) in [4.78, 5) is 0. The van der Waals surface area contributed by atoms with E-state index in [9.17, 15) is 8.42 Å². The molecular formula is C10H20ClNO2S. The molecule has 0 bridgehead atoms. The quantitative estimate of drug-likeness (QED) is 0.721. The molecule has 1 atom stereocenters. The maximum Gasteiger partial charge on any atom is 0.214 e. The standard InChI is InChI=1S/C10H20ClNO2S/c1-10-6-3-2-4-8-12(10)15(13,14)9-5-7-11/h10H,2-9H2,1H3. The summed E-state index contributed by atoms with van der Waals surface area (Å²) in [5.41, 5.74) is 0. The first-order valence-electron chi connectivity index (χ1n) is 5.63. The Morgan fingerprint density at radius 2 is 2.07 bits per heavy atom. The van der Waals surface area contributed by atoms with Gasteiger partial charge in [0.05, 0.1) is 5.75 Å². The summed E-state index contributed by atoms with van der Waals surface area (Å²) in [6.07, 6.45) is 4.81. The first kappa shape index (κ1) is 13.3. The Kier molecular flexibility index (Phi) is 5.36. The first-order valence-corrected chi connectivity index (χ1v) is 7.78. The zero-order chi connectivity index (χ0) is 11.3. The van der Waals surface area contributed by atoms with Crippen LogP contribution in [0.5, 0.6) is 0 Å². The average molecular weight is 254 g/mol. The van der Waals surface area contributed by atoms with Gasteiger partial charge in [-0.05, 0) is 26.2 Å². The number of sulfonamides is 1. The van der Waals surface area contributed by atoms with E-state index in [4.69, 9.17) is 11.6 Å². The molecular weight excluding hydrogens is 234 g/mol. The van der Waals surface area contributed by atoms with Crippen molar-refractivity contribution in [3.63, 3.8) is 0 Å². The van der Waals surface area contributed by atoms with Crippen LogP contribution in [0.25, 0.3) is 0 Å². The molecule has 1 aliphatic rings. The molecule has 0 aromatic heterocycles. The molecule has 1 rings (SSSR count). The second-order valence-electron chi connectivity index (χ2n) is 4.17. The topological polar surface area (TPSA) is 37.4 Å². The number of hydrogen-bond acceptors (Lipinski definition) is 2. The smallest absolute Gasteiger partial charge is 0.212 e. The molecule has 5 heteroatoms. The highest BCUT2D eigenvalue weighted by Crippen LogP contribution is 2.20. The maximum absolute atomic E-state index is 12.0. The van der Waals surface area contributed by atoms with E-state index < -0.39 is 10.0 Å². The van der Waals surface area contributed by atoms with Gasteiger partial charge in [0.1, 0.15) is 0 Å². The normalized spacial score (nSPS) is 25.1. The number of alkyl halides is 1. The van der Waals surface area contributed by atoms with E-state index in [1.165, 1.54) is 0 Å². The zero-order valence-electron chi connectivity index (χ0n) is 9.28. The molecule has 1 heterocycles. The molecule has 0 radical (unpaired) electrons. The van der Waals surface area contributed by atoms with Gasteiger partial charge in [-0.25, -0.2) is 8.42 Å². The van der Waals surface area contributed by atoms with Crippen LogP contribution in [0.1, 0.15) is 39.0 Å². The molecule has 0 aromatic carbocycles. The highest BCUT2D eigenvalue weighted by atomic mass is 35.5. The minimum absolute atomic E-state index is 0.160. The molecule has 1 unspecified atom stereocenters. The number of rotatable bonds is 4. The van der Waals surface area contributed by atoms with Crippen molar-refractivity contribution in [1.29, 1.82) is 0 Å². The van der Waals surface area contributed by atoms with Gasteiger partial charge in [0, 0.05) is 18.5 Å². The van der Waals surface area contributed by atoms with Crippen molar-refractivity contribution in [1.82, 2.24) is 4.31 Å². The van der Waals surface area contributed by atoms with E-state index >= 15 is 0 Å². The Labute approximate surface area is 97.8 Å². The first-order chi connectivity index (χ1) is 7.08. The van der Waals surface area contributed by atoms with Crippen molar-refractivity contribution in [3.8, 4) is 0 Å². The van der Waals surface area contributed by atoms with Gasteiger partial charge in [-0.3, -0.25) is 0 Å². The minimum atomic E-state index is -3.07. The molecule has 0 N–H and O–H groups in total. The van der Waals surface area contributed by atoms with Gasteiger partial charge in [-0.15, -0.1) is 11.6 Å². The SMILES string of the molecule is CC1CCCCCN1S(=O)(=O)CCCCl. The number of nitrogens with zero attached hydrogens (tertiary/aromatic N) is 1. The van der Waals surface area contributed by atoms with E-state index in [1.54, 1.807) is 4.31 Å². The second-order valence-corrected chi connectivity index (χ2v) is 6.59. The third-order valence-corrected chi connectivity index (χ3v) is 5.21. The van der Waals surface area contributed by atoms with Crippen molar-refractivity contribution in [2.45, 2.75) is 45.1 Å². The molecule has 1 aliphatic heterocycles. The van der Waals surface area contributed by atoms with Crippen molar-refractivity contribution < 1.29 is 8.42 Å². The Bertz CT molecular complexity index is 279. The van der Waals surface area contributed by atoms with Gasteiger partial charge >= 0.3 is 0 Å². The summed E-state index contributed by atoms with van der Waals surface area (Å²) < 4.78 is 25.6. The van der Waals surface area contributed by atoms with Gasteiger partial charge in [0.25, 0.3) is 0 Å². The number of hydrogen-bond donors (Lipinski definition) is 0. The van der Waals surface area contributed by atoms with Crippen LogP contribution in [0.3, 0.4) is 0 Å². The fourth-order valence-electron chi connectivity index (χ4n) is 2.02.